The van der Waals surface area contributed by atoms with E-state index < -0.39 is 11.6 Å². The lowest BCUT2D eigenvalue weighted by Crippen LogP contribution is -2.49. The van der Waals surface area contributed by atoms with Crippen LogP contribution in [0, 0.1) is 0 Å². The second-order valence-electron chi connectivity index (χ2n) is 9.10. The van der Waals surface area contributed by atoms with E-state index in [4.69, 9.17) is 9.47 Å². The Morgan fingerprint density at radius 2 is 1.75 bits per heavy atom. The van der Waals surface area contributed by atoms with E-state index in [0.717, 1.165) is 19.3 Å². The van der Waals surface area contributed by atoms with Crippen LogP contribution in [0.15, 0.2) is 24.3 Å². The number of methoxy groups -OCH3 is 1. The number of carbonyl (C=O) groups is 3. The van der Waals surface area contributed by atoms with Crippen LogP contribution in [-0.4, -0.2) is 78.9 Å². The number of rotatable bonds is 5. The molecule has 2 saturated heterocycles. The fourth-order valence-corrected chi connectivity index (χ4v) is 4.12. The highest BCUT2D eigenvalue weighted by Gasteiger charge is 2.41. The Kier molecular flexibility index (Phi) is 7.48. The Morgan fingerprint density at radius 3 is 2.41 bits per heavy atom. The summed E-state index contributed by atoms with van der Waals surface area (Å²) in [6.07, 6.45) is 2.24. The molecule has 3 amide bonds. The summed E-state index contributed by atoms with van der Waals surface area (Å²) in [6, 6.07) is 6.62. The van der Waals surface area contributed by atoms with Gasteiger partial charge >= 0.3 is 18.1 Å². The molecule has 1 aromatic rings. The lowest BCUT2D eigenvalue weighted by Gasteiger charge is -2.30. The Labute approximate surface area is 189 Å². The minimum atomic E-state index is -0.543. The van der Waals surface area contributed by atoms with E-state index in [-0.39, 0.29) is 24.2 Å². The highest BCUT2D eigenvalue weighted by atomic mass is 16.6. The van der Waals surface area contributed by atoms with Gasteiger partial charge < -0.3 is 29.3 Å². The molecule has 2 aliphatic heterocycles. The fraction of sp³-hybridized carbons (Fsp3) is 0.609. The van der Waals surface area contributed by atoms with Gasteiger partial charge in [-0.3, -0.25) is 0 Å². The van der Waals surface area contributed by atoms with Crippen molar-refractivity contribution in [1.29, 1.82) is 0 Å². The maximum Gasteiger partial charge on any atom is 0.410 e. The molecule has 9 heteroatoms. The van der Waals surface area contributed by atoms with E-state index in [0.29, 0.717) is 37.6 Å². The molecule has 0 saturated carbocycles. The molecule has 0 spiro atoms. The third-order valence-electron chi connectivity index (χ3n) is 5.59. The first-order valence-electron chi connectivity index (χ1n) is 11.0. The van der Waals surface area contributed by atoms with Gasteiger partial charge in [-0.1, -0.05) is 0 Å². The second kappa shape index (κ2) is 10.1. The molecule has 1 N–H and O–H groups in total. The lowest BCUT2D eigenvalue weighted by atomic mass is 10.1. The Morgan fingerprint density at radius 1 is 1.06 bits per heavy atom. The van der Waals surface area contributed by atoms with Crippen LogP contribution in [0.2, 0.25) is 0 Å². The first-order valence-corrected chi connectivity index (χ1v) is 11.0. The van der Waals surface area contributed by atoms with E-state index in [1.54, 1.807) is 29.2 Å². The molecular weight excluding hydrogens is 414 g/mol. The molecule has 2 atom stereocenters. The van der Waals surface area contributed by atoms with Gasteiger partial charge in [0, 0.05) is 19.1 Å². The zero-order valence-electron chi connectivity index (χ0n) is 19.3. The second-order valence-corrected chi connectivity index (χ2v) is 9.10. The summed E-state index contributed by atoms with van der Waals surface area (Å²) in [6.45, 7) is 7.28. The number of likely N-dealkylation sites (tertiary alicyclic amines) is 1. The topological polar surface area (TPSA) is 97.4 Å². The van der Waals surface area contributed by atoms with E-state index in [9.17, 15) is 14.4 Å². The van der Waals surface area contributed by atoms with Crippen molar-refractivity contribution in [1.82, 2.24) is 15.1 Å². The van der Waals surface area contributed by atoms with Crippen molar-refractivity contribution in [2.45, 2.75) is 57.7 Å². The number of urea groups is 1. The smallest absolute Gasteiger partial charge is 0.410 e. The van der Waals surface area contributed by atoms with Gasteiger partial charge in [-0.25, -0.2) is 14.4 Å². The number of esters is 1. The molecule has 2 aliphatic rings. The highest BCUT2D eigenvalue weighted by Crippen LogP contribution is 2.30. The number of ether oxygens (including phenoxy) is 3. The first kappa shape index (κ1) is 23.7. The number of hydrogen-bond donors (Lipinski definition) is 1. The van der Waals surface area contributed by atoms with Crippen molar-refractivity contribution in [3.05, 3.63) is 29.8 Å². The monoisotopic (exact) mass is 447 g/mol. The van der Waals surface area contributed by atoms with Gasteiger partial charge in [0.25, 0.3) is 0 Å². The molecule has 2 fully saturated rings. The number of benzene rings is 1. The third kappa shape index (κ3) is 6.05. The van der Waals surface area contributed by atoms with Gasteiger partial charge in [0.15, 0.2) is 0 Å². The van der Waals surface area contributed by atoms with Crippen LogP contribution in [-0.2, 0) is 9.47 Å². The van der Waals surface area contributed by atoms with E-state index in [1.165, 1.54) is 7.11 Å². The molecule has 1 aromatic carbocycles. The van der Waals surface area contributed by atoms with E-state index in [2.05, 4.69) is 10.1 Å². The van der Waals surface area contributed by atoms with Gasteiger partial charge in [0.05, 0.1) is 25.3 Å². The molecule has 3 rings (SSSR count). The largest absolute Gasteiger partial charge is 0.492 e. The van der Waals surface area contributed by atoms with Crippen molar-refractivity contribution in [3.63, 3.8) is 0 Å². The zero-order chi connectivity index (χ0) is 23.3. The predicted molar refractivity (Wildman–Crippen MR) is 118 cm³/mol. The standard InChI is InChI=1S/C23H33N3O6/c1-23(2,3)32-22(29)25-13-11-17-7-8-18(15-25)26(17)21(28)24-12-14-31-19-9-5-16(6-10-19)20(27)30-4/h5-6,9-10,17-18H,7-8,11-15H2,1-4H3,(H,24,28). The highest BCUT2D eigenvalue weighted by molar-refractivity contribution is 5.89. The number of amides is 3. The number of nitrogens with zero attached hydrogens (tertiary/aromatic N) is 2. The van der Waals surface area contributed by atoms with Crippen LogP contribution in [0.1, 0.15) is 50.4 Å². The van der Waals surface area contributed by atoms with Gasteiger partial charge in [0.1, 0.15) is 18.0 Å². The Balaban J connectivity index is 1.47. The van der Waals surface area contributed by atoms with Crippen LogP contribution in [0.5, 0.6) is 5.75 Å². The summed E-state index contributed by atoms with van der Waals surface area (Å²) in [5.74, 6) is 0.205. The predicted octanol–water partition coefficient (Wildman–Crippen LogP) is 3.04. The first-order chi connectivity index (χ1) is 15.2. The summed E-state index contributed by atoms with van der Waals surface area (Å²) in [5.41, 5.74) is -0.0933. The van der Waals surface area contributed by atoms with E-state index >= 15 is 0 Å². The molecule has 2 heterocycles. The van der Waals surface area contributed by atoms with Gasteiger partial charge in [-0.05, 0) is 64.3 Å². The van der Waals surface area contributed by atoms with Crippen LogP contribution in [0.3, 0.4) is 0 Å². The molecule has 176 valence electrons. The quantitative estimate of drug-likeness (QED) is 0.550. The maximum absolute atomic E-state index is 12.9. The van der Waals surface area contributed by atoms with Crippen LogP contribution in [0.25, 0.3) is 0 Å². The van der Waals surface area contributed by atoms with Crippen molar-refractivity contribution < 1.29 is 28.6 Å². The minimum absolute atomic E-state index is 0.0122. The molecule has 0 aromatic heterocycles. The normalized spacial score (nSPS) is 20.4. The summed E-state index contributed by atoms with van der Waals surface area (Å²) < 4.78 is 15.8. The zero-order valence-corrected chi connectivity index (χ0v) is 19.3. The number of fused-ring (bicyclic) bond motifs is 2. The summed E-state index contributed by atoms with van der Waals surface area (Å²) in [4.78, 5) is 40.4. The third-order valence-corrected chi connectivity index (χ3v) is 5.59. The van der Waals surface area contributed by atoms with Crippen LogP contribution >= 0.6 is 0 Å². The maximum atomic E-state index is 12.9. The van der Waals surface area contributed by atoms with Crippen molar-refractivity contribution >= 4 is 18.1 Å². The fourth-order valence-electron chi connectivity index (χ4n) is 4.12. The number of hydrogen-bond acceptors (Lipinski definition) is 6. The minimum Gasteiger partial charge on any atom is -0.492 e. The SMILES string of the molecule is COC(=O)c1ccc(OCCNC(=O)N2C3CCC2CN(C(=O)OC(C)(C)C)CC3)cc1. The van der Waals surface area contributed by atoms with Crippen molar-refractivity contribution in [3.8, 4) is 5.75 Å². The molecule has 32 heavy (non-hydrogen) atoms. The van der Waals surface area contributed by atoms with Crippen molar-refractivity contribution in [2.75, 3.05) is 33.4 Å². The average Bonchev–Trinajstić information content (AvgIpc) is 3.03. The number of carbonyl (C=O) groups excluding carboxylic acids is 3. The van der Waals surface area contributed by atoms with Crippen LogP contribution in [0.4, 0.5) is 9.59 Å². The summed E-state index contributed by atoms with van der Waals surface area (Å²) in [7, 11) is 1.33. The molecular formula is C23H33N3O6. The molecule has 0 aliphatic carbocycles. The number of nitrogens with one attached hydrogen (secondary N) is 1. The van der Waals surface area contributed by atoms with E-state index in [1.807, 2.05) is 25.7 Å². The summed E-state index contributed by atoms with van der Waals surface area (Å²) in [5, 5.41) is 2.93. The average molecular weight is 448 g/mol. The van der Waals surface area contributed by atoms with Crippen LogP contribution < -0.4 is 10.1 Å². The molecule has 2 bridgehead atoms. The van der Waals surface area contributed by atoms with Crippen molar-refractivity contribution in [2.24, 2.45) is 0 Å². The Bertz CT molecular complexity index is 820. The lowest BCUT2D eigenvalue weighted by molar-refractivity contribution is 0.0235. The summed E-state index contributed by atoms with van der Waals surface area (Å²) >= 11 is 0. The van der Waals surface area contributed by atoms with Gasteiger partial charge in [-0.2, -0.15) is 0 Å². The molecule has 9 nitrogen and oxygen atoms in total. The van der Waals surface area contributed by atoms with Gasteiger partial charge in [0.2, 0.25) is 0 Å². The molecule has 0 radical (unpaired) electrons. The van der Waals surface area contributed by atoms with Gasteiger partial charge in [-0.15, -0.1) is 0 Å². The Hall–Kier alpha value is -2.97. The molecule has 2 unspecified atom stereocenters.